The summed E-state index contributed by atoms with van der Waals surface area (Å²) >= 11 is 0. The molecule has 1 aliphatic carbocycles. The number of imidazole rings is 1. The van der Waals surface area contributed by atoms with Gasteiger partial charge in [-0.2, -0.15) is 0 Å². The van der Waals surface area contributed by atoms with Gasteiger partial charge in [0.1, 0.15) is 0 Å². The van der Waals surface area contributed by atoms with Crippen LogP contribution < -0.4 is 5.32 Å². The molecule has 0 aromatic carbocycles. The molecular formula is C14H25N3. The van der Waals surface area contributed by atoms with Crippen molar-refractivity contribution in [2.45, 2.75) is 65.0 Å². The van der Waals surface area contributed by atoms with E-state index in [9.17, 15) is 0 Å². The van der Waals surface area contributed by atoms with Gasteiger partial charge in [-0.25, -0.2) is 4.98 Å². The lowest BCUT2D eigenvalue weighted by atomic mass is 10.0. The second kappa shape index (κ2) is 5.67. The van der Waals surface area contributed by atoms with Crippen molar-refractivity contribution in [3.8, 4) is 0 Å². The van der Waals surface area contributed by atoms with Crippen LogP contribution in [0.1, 0.15) is 57.5 Å². The lowest BCUT2D eigenvalue weighted by Gasteiger charge is -2.21. The molecule has 0 saturated carbocycles. The summed E-state index contributed by atoms with van der Waals surface area (Å²) in [5.41, 5.74) is 2.82. The lowest BCUT2D eigenvalue weighted by molar-refractivity contribution is 0.433. The maximum atomic E-state index is 4.56. The molecule has 17 heavy (non-hydrogen) atoms. The highest BCUT2D eigenvalue weighted by Gasteiger charge is 2.18. The maximum absolute atomic E-state index is 4.56. The third-order valence-corrected chi connectivity index (χ3v) is 3.91. The minimum atomic E-state index is 0.512. The zero-order chi connectivity index (χ0) is 12.3. The normalized spacial score (nSPS) is 18.8. The van der Waals surface area contributed by atoms with Crippen LogP contribution in [0.15, 0.2) is 6.33 Å². The highest BCUT2D eigenvalue weighted by Crippen LogP contribution is 2.22. The summed E-state index contributed by atoms with van der Waals surface area (Å²) in [6.07, 6.45) is 8.25. The Labute approximate surface area is 105 Å². The predicted molar refractivity (Wildman–Crippen MR) is 71.3 cm³/mol. The molecule has 2 unspecified atom stereocenters. The number of hydrogen-bond donors (Lipinski definition) is 1. The van der Waals surface area contributed by atoms with E-state index in [0.29, 0.717) is 12.1 Å². The number of nitrogens with zero attached hydrogens (tertiary/aromatic N) is 2. The van der Waals surface area contributed by atoms with Crippen LogP contribution in [0.4, 0.5) is 0 Å². The standard InChI is InChI=1S/C14H25N3/c1-4-11(2)15-9-12(3)17-10-16-13-7-5-6-8-14(13)17/h10-12,15H,4-9H2,1-3H3. The molecule has 3 nitrogen and oxygen atoms in total. The van der Waals surface area contributed by atoms with Gasteiger partial charge in [0.15, 0.2) is 0 Å². The molecule has 1 heterocycles. The van der Waals surface area contributed by atoms with Gasteiger partial charge < -0.3 is 9.88 Å². The van der Waals surface area contributed by atoms with Gasteiger partial charge in [-0.15, -0.1) is 0 Å². The molecule has 3 heteroatoms. The zero-order valence-corrected chi connectivity index (χ0v) is 11.4. The van der Waals surface area contributed by atoms with Crippen LogP contribution in [0, 0.1) is 0 Å². The number of aryl methyl sites for hydroxylation is 1. The Morgan fingerprint density at radius 2 is 2.12 bits per heavy atom. The molecule has 1 aromatic rings. The van der Waals surface area contributed by atoms with Crippen molar-refractivity contribution in [1.82, 2.24) is 14.9 Å². The van der Waals surface area contributed by atoms with Crippen molar-refractivity contribution < 1.29 is 0 Å². The molecular weight excluding hydrogens is 210 g/mol. The summed E-state index contributed by atoms with van der Waals surface area (Å²) in [4.78, 5) is 4.56. The first-order chi connectivity index (χ1) is 8.22. The van der Waals surface area contributed by atoms with Crippen LogP contribution >= 0.6 is 0 Å². The quantitative estimate of drug-likeness (QED) is 0.850. The first-order valence-electron chi connectivity index (χ1n) is 7.00. The molecule has 96 valence electrons. The summed E-state index contributed by atoms with van der Waals surface area (Å²) in [6, 6.07) is 1.12. The van der Waals surface area contributed by atoms with Crippen molar-refractivity contribution in [3.05, 3.63) is 17.7 Å². The van der Waals surface area contributed by atoms with E-state index < -0.39 is 0 Å². The second-order valence-electron chi connectivity index (χ2n) is 5.32. The molecule has 0 bridgehead atoms. The van der Waals surface area contributed by atoms with E-state index in [1.165, 1.54) is 43.5 Å². The molecule has 1 aliphatic rings. The van der Waals surface area contributed by atoms with E-state index in [1.54, 1.807) is 0 Å². The largest absolute Gasteiger partial charge is 0.330 e. The molecule has 0 amide bonds. The topological polar surface area (TPSA) is 29.9 Å². The SMILES string of the molecule is CCC(C)NCC(C)n1cnc2c1CCCC2. The number of fused-ring (bicyclic) bond motifs is 1. The van der Waals surface area contributed by atoms with E-state index in [2.05, 4.69) is 35.6 Å². The van der Waals surface area contributed by atoms with E-state index in [4.69, 9.17) is 0 Å². The first-order valence-corrected chi connectivity index (χ1v) is 7.00. The molecule has 1 N–H and O–H groups in total. The summed E-state index contributed by atoms with van der Waals surface area (Å²) < 4.78 is 2.38. The molecule has 0 spiro atoms. The summed E-state index contributed by atoms with van der Waals surface area (Å²) in [7, 11) is 0. The average Bonchev–Trinajstić information content (AvgIpc) is 2.79. The zero-order valence-electron chi connectivity index (χ0n) is 11.4. The Hall–Kier alpha value is -0.830. The number of aromatic nitrogens is 2. The van der Waals surface area contributed by atoms with Crippen molar-refractivity contribution >= 4 is 0 Å². The average molecular weight is 235 g/mol. The summed E-state index contributed by atoms with van der Waals surface area (Å²) in [5, 5.41) is 3.58. The fraction of sp³-hybridized carbons (Fsp3) is 0.786. The van der Waals surface area contributed by atoms with Gasteiger partial charge >= 0.3 is 0 Å². The van der Waals surface area contributed by atoms with Gasteiger partial charge in [-0.3, -0.25) is 0 Å². The van der Waals surface area contributed by atoms with Crippen molar-refractivity contribution in [1.29, 1.82) is 0 Å². The molecule has 2 atom stereocenters. The highest BCUT2D eigenvalue weighted by atomic mass is 15.1. The van der Waals surface area contributed by atoms with Crippen molar-refractivity contribution in [2.24, 2.45) is 0 Å². The maximum Gasteiger partial charge on any atom is 0.0954 e. The number of rotatable bonds is 5. The summed E-state index contributed by atoms with van der Waals surface area (Å²) in [6.45, 7) is 7.79. The van der Waals surface area contributed by atoms with E-state index in [0.717, 1.165) is 6.54 Å². The van der Waals surface area contributed by atoms with Crippen LogP contribution in [-0.4, -0.2) is 22.1 Å². The molecule has 0 aliphatic heterocycles. The first kappa shape index (κ1) is 12.6. The summed E-state index contributed by atoms with van der Waals surface area (Å²) in [5.74, 6) is 0. The van der Waals surface area contributed by atoms with Gasteiger partial charge in [0.25, 0.3) is 0 Å². The van der Waals surface area contributed by atoms with E-state index in [-0.39, 0.29) is 0 Å². The van der Waals surface area contributed by atoms with Gasteiger partial charge in [0.2, 0.25) is 0 Å². The smallest absolute Gasteiger partial charge is 0.0954 e. The monoisotopic (exact) mass is 235 g/mol. The molecule has 2 rings (SSSR count). The molecule has 1 aromatic heterocycles. The van der Waals surface area contributed by atoms with Gasteiger partial charge in [0, 0.05) is 24.3 Å². The Bertz CT molecular complexity index is 356. The van der Waals surface area contributed by atoms with Gasteiger partial charge in [0.05, 0.1) is 12.0 Å². The van der Waals surface area contributed by atoms with Crippen LogP contribution in [0.2, 0.25) is 0 Å². The fourth-order valence-electron chi connectivity index (χ4n) is 2.49. The lowest BCUT2D eigenvalue weighted by Crippen LogP contribution is -2.31. The van der Waals surface area contributed by atoms with E-state index in [1.807, 2.05) is 6.33 Å². The van der Waals surface area contributed by atoms with Gasteiger partial charge in [-0.1, -0.05) is 6.92 Å². The molecule has 0 radical (unpaired) electrons. The van der Waals surface area contributed by atoms with E-state index >= 15 is 0 Å². The second-order valence-corrected chi connectivity index (χ2v) is 5.32. The Balaban J connectivity index is 1.99. The van der Waals surface area contributed by atoms with Crippen LogP contribution in [0.25, 0.3) is 0 Å². The minimum Gasteiger partial charge on any atom is -0.330 e. The Morgan fingerprint density at radius 1 is 1.35 bits per heavy atom. The van der Waals surface area contributed by atoms with Crippen LogP contribution in [0.5, 0.6) is 0 Å². The molecule has 0 saturated heterocycles. The Kier molecular flexibility index (Phi) is 4.21. The highest BCUT2D eigenvalue weighted by molar-refractivity contribution is 5.17. The van der Waals surface area contributed by atoms with Crippen molar-refractivity contribution in [3.63, 3.8) is 0 Å². The van der Waals surface area contributed by atoms with Crippen LogP contribution in [0.3, 0.4) is 0 Å². The third kappa shape index (κ3) is 2.89. The number of hydrogen-bond acceptors (Lipinski definition) is 2. The van der Waals surface area contributed by atoms with Crippen molar-refractivity contribution in [2.75, 3.05) is 6.54 Å². The number of nitrogens with one attached hydrogen (secondary N) is 1. The third-order valence-electron chi connectivity index (χ3n) is 3.91. The fourth-order valence-corrected chi connectivity index (χ4v) is 2.49. The minimum absolute atomic E-state index is 0.512. The van der Waals surface area contributed by atoms with Crippen LogP contribution in [-0.2, 0) is 12.8 Å². The Morgan fingerprint density at radius 3 is 2.88 bits per heavy atom. The predicted octanol–water partition coefficient (Wildman–Crippen LogP) is 2.71. The molecule has 0 fully saturated rings. The van der Waals surface area contributed by atoms with Gasteiger partial charge in [-0.05, 0) is 46.0 Å².